The Kier molecular flexibility index (Phi) is 7.15. The molecule has 3 aromatic carbocycles. The van der Waals surface area contributed by atoms with Crippen molar-refractivity contribution in [1.29, 1.82) is 0 Å². The van der Waals surface area contributed by atoms with Crippen LogP contribution in [0.5, 0.6) is 11.5 Å². The predicted molar refractivity (Wildman–Crippen MR) is 119 cm³/mol. The lowest BCUT2D eigenvalue weighted by Crippen LogP contribution is -2.21. The maximum Gasteiger partial charge on any atom is 0.161 e. The third-order valence-electron chi connectivity index (χ3n) is 4.16. The average Bonchev–Trinajstić information content (AvgIpc) is 2.72. The summed E-state index contributed by atoms with van der Waals surface area (Å²) >= 11 is 17.9. The lowest BCUT2D eigenvalue weighted by Gasteiger charge is -2.14. The minimum absolute atomic E-state index is 0.241. The van der Waals surface area contributed by atoms with Crippen LogP contribution in [0.15, 0.2) is 66.7 Å². The van der Waals surface area contributed by atoms with Crippen molar-refractivity contribution in [2.45, 2.75) is 13.2 Å². The zero-order valence-electron chi connectivity index (χ0n) is 15.2. The molecule has 0 aliphatic carbocycles. The first-order valence-corrected chi connectivity index (χ1v) is 9.80. The molecule has 3 rings (SSSR count). The molecule has 1 N–H and O–H groups in total. The largest absolute Gasteiger partial charge is 0.493 e. The van der Waals surface area contributed by atoms with E-state index in [4.69, 9.17) is 44.9 Å². The summed E-state index contributed by atoms with van der Waals surface area (Å²) in [6, 6.07) is 21.0. The third kappa shape index (κ3) is 5.16. The fourth-order valence-electron chi connectivity index (χ4n) is 2.63. The van der Waals surface area contributed by atoms with Crippen molar-refractivity contribution in [3.63, 3.8) is 0 Å². The van der Waals surface area contributed by atoms with Gasteiger partial charge in [-0.3, -0.25) is 0 Å². The Morgan fingerprint density at radius 2 is 1.64 bits per heavy atom. The van der Waals surface area contributed by atoms with Crippen LogP contribution in [0.3, 0.4) is 0 Å². The normalized spacial score (nSPS) is 10.4. The number of ether oxygens (including phenoxy) is 2. The van der Waals surface area contributed by atoms with Crippen molar-refractivity contribution in [3.8, 4) is 11.5 Å². The Bertz CT molecular complexity index is 944. The molecule has 0 aliphatic rings. The number of rotatable bonds is 7. The molecular weight excluding hydrogens is 413 g/mol. The molecule has 0 saturated heterocycles. The quantitative estimate of drug-likeness (QED) is 0.461. The van der Waals surface area contributed by atoms with Crippen molar-refractivity contribution in [2.75, 3.05) is 7.11 Å². The summed E-state index contributed by atoms with van der Waals surface area (Å²) in [5, 5.41) is 4.39. The summed E-state index contributed by atoms with van der Waals surface area (Å²) in [6.45, 7) is 0.899. The van der Waals surface area contributed by atoms with Gasteiger partial charge in [-0.25, -0.2) is 0 Å². The van der Waals surface area contributed by atoms with Gasteiger partial charge in [-0.2, -0.15) is 0 Å². The van der Waals surface area contributed by atoms with Gasteiger partial charge in [-0.05, 0) is 35.9 Å². The van der Waals surface area contributed by atoms with Crippen molar-refractivity contribution in [1.82, 2.24) is 5.32 Å². The highest BCUT2D eigenvalue weighted by Crippen LogP contribution is 2.31. The molecular formula is C22H19Cl2NO2S. The molecule has 28 heavy (non-hydrogen) atoms. The minimum Gasteiger partial charge on any atom is -0.493 e. The smallest absolute Gasteiger partial charge is 0.161 e. The van der Waals surface area contributed by atoms with Crippen LogP contribution in [-0.4, -0.2) is 12.1 Å². The third-order valence-corrected chi connectivity index (χ3v) is 5.24. The van der Waals surface area contributed by atoms with E-state index >= 15 is 0 Å². The van der Waals surface area contributed by atoms with E-state index in [1.54, 1.807) is 25.3 Å². The number of nitrogens with one attached hydrogen (secondary N) is 1. The number of hydrogen-bond donors (Lipinski definition) is 1. The Labute approximate surface area is 180 Å². The van der Waals surface area contributed by atoms with Gasteiger partial charge in [0.1, 0.15) is 11.6 Å². The predicted octanol–water partition coefficient (Wildman–Crippen LogP) is 6.05. The van der Waals surface area contributed by atoms with Crippen molar-refractivity contribution >= 4 is 40.4 Å². The highest BCUT2D eigenvalue weighted by atomic mass is 35.5. The van der Waals surface area contributed by atoms with Crippen LogP contribution in [0, 0.1) is 0 Å². The molecule has 6 heteroatoms. The van der Waals surface area contributed by atoms with Crippen LogP contribution in [0.4, 0.5) is 0 Å². The van der Waals surface area contributed by atoms with Crippen molar-refractivity contribution in [2.24, 2.45) is 0 Å². The lowest BCUT2D eigenvalue weighted by molar-refractivity contribution is 0.284. The molecule has 0 atom stereocenters. The van der Waals surface area contributed by atoms with Gasteiger partial charge >= 0.3 is 0 Å². The van der Waals surface area contributed by atoms with Crippen LogP contribution in [0.25, 0.3) is 0 Å². The molecule has 0 spiro atoms. The summed E-state index contributed by atoms with van der Waals surface area (Å²) < 4.78 is 11.4. The molecule has 0 amide bonds. The van der Waals surface area contributed by atoms with Gasteiger partial charge in [0.25, 0.3) is 0 Å². The van der Waals surface area contributed by atoms with E-state index in [-0.39, 0.29) is 6.61 Å². The van der Waals surface area contributed by atoms with Crippen molar-refractivity contribution in [3.05, 3.63) is 93.5 Å². The number of hydrogen-bond acceptors (Lipinski definition) is 3. The van der Waals surface area contributed by atoms with Gasteiger partial charge in [0.05, 0.1) is 7.11 Å². The van der Waals surface area contributed by atoms with Crippen LogP contribution >= 0.6 is 35.4 Å². The summed E-state index contributed by atoms with van der Waals surface area (Å²) in [5.41, 5.74) is 2.75. The van der Waals surface area contributed by atoms with E-state index in [9.17, 15) is 0 Å². The number of methoxy groups -OCH3 is 1. The van der Waals surface area contributed by atoms with Crippen LogP contribution in [0.1, 0.15) is 16.7 Å². The first-order valence-electron chi connectivity index (χ1n) is 8.64. The number of benzene rings is 3. The molecule has 3 nitrogen and oxygen atoms in total. The Morgan fingerprint density at radius 3 is 2.32 bits per heavy atom. The molecule has 0 bridgehead atoms. The highest BCUT2D eigenvalue weighted by molar-refractivity contribution is 7.80. The first kappa shape index (κ1) is 20.5. The molecule has 0 heterocycles. The Hall–Kier alpha value is -2.27. The molecule has 0 fully saturated rings. The van der Waals surface area contributed by atoms with Gasteiger partial charge in [0.15, 0.2) is 11.5 Å². The molecule has 0 unspecified atom stereocenters. The second-order valence-electron chi connectivity index (χ2n) is 6.02. The van der Waals surface area contributed by atoms with E-state index in [2.05, 4.69) is 5.32 Å². The van der Waals surface area contributed by atoms with E-state index < -0.39 is 0 Å². The maximum absolute atomic E-state index is 6.20. The zero-order valence-corrected chi connectivity index (χ0v) is 17.6. The van der Waals surface area contributed by atoms with E-state index in [1.165, 1.54) is 0 Å². The number of halogens is 2. The highest BCUT2D eigenvalue weighted by Gasteiger charge is 2.11. The van der Waals surface area contributed by atoms with Gasteiger partial charge < -0.3 is 14.8 Å². The molecule has 3 aromatic rings. The molecule has 0 saturated carbocycles. The summed E-state index contributed by atoms with van der Waals surface area (Å²) in [7, 11) is 1.59. The fourth-order valence-corrected chi connectivity index (χ4v) is 3.33. The fraction of sp³-hybridized carbons (Fsp3) is 0.136. The zero-order chi connectivity index (χ0) is 19.9. The van der Waals surface area contributed by atoms with Gasteiger partial charge in [0, 0.05) is 27.7 Å². The molecule has 0 radical (unpaired) electrons. The van der Waals surface area contributed by atoms with Gasteiger partial charge in [0.2, 0.25) is 0 Å². The van der Waals surface area contributed by atoms with Crippen molar-refractivity contribution < 1.29 is 9.47 Å². The maximum atomic E-state index is 6.20. The first-order chi connectivity index (χ1) is 13.6. The number of thiocarbonyl (C=S) groups is 1. The van der Waals surface area contributed by atoms with E-state index in [0.29, 0.717) is 33.1 Å². The van der Waals surface area contributed by atoms with Crippen LogP contribution in [0.2, 0.25) is 10.0 Å². The standard InChI is InChI=1S/C22H19Cl2NO2S/c1-26-21-12-16(22(28)25-13-15-6-3-2-4-7-15)10-11-20(21)27-14-17-18(23)8-5-9-19(17)24/h2-12H,13-14H2,1H3,(H,25,28). The Morgan fingerprint density at radius 1 is 0.929 bits per heavy atom. The van der Waals surface area contributed by atoms with E-state index in [0.717, 1.165) is 16.7 Å². The summed E-state index contributed by atoms with van der Waals surface area (Å²) in [6.07, 6.45) is 0. The van der Waals surface area contributed by atoms with Crippen LogP contribution in [-0.2, 0) is 13.2 Å². The SMILES string of the molecule is COc1cc(C(=S)NCc2ccccc2)ccc1OCc1c(Cl)cccc1Cl. The second-order valence-corrected chi connectivity index (χ2v) is 7.25. The Balaban J connectivity index is 1.68. The lowest BCUT2D eigenvalue weighted by atomic mass is 10.1. The monoisotopic (exact) mass is 431 g/mol. The molecule has 0 aliphatic heterocycles. The van der Waals surface area contributed by atoms with E-state index in [1.807, 2.05) is 48.5 Å². The molecule has 144 valence electrons. The second kappa shape index (κ2) is 9.78. The molecule has 0 aromatic heterocycles. The van der Waals surface area contributed by atoms with Crippen LogP contribution < -0.4 is 14.8 Å². The topological polar surface area (TPSA) is 30.5 Å². The van der Waals surface area contributed by atoms with Gasteiger partial charge in [-0.15, -0.1) is 0 Å². The summed E-state index contributed by atoms with van der Waals surface area (Å²) in [4.78, 5) is 0.642. The minimum atomic E-state index is 0.241. The summed E-state index contributed by atoms with van der Waals surface area (Å²) in [5.74, 6) is 1.18. The average molecular weight is 432 g/mol. The van der Waals surface area contributed by atoms with Gasteiger partial charge in [-0.1, -0.05) is 71.8 Å².